The molecule has 123 valence electrons. The summed E-state index contributed by atoms with van der Waals surface area (Å²) in [6, 6.07) is 0. The van der Waals surface area contributed by atoms with Crippen LogP contribution >= 0.6 is 0 Å². The molecule has 0 saturated heterocycles. The van der Waals surface area contributed by atoms with Crippen LogP contribution in [0.3, 0.4) is 0 Å². The second-order valence-corrected chi connectivity index (χ2v) is 1.73. The predicted molar refractivity (Wildman–Crippen MR) is 57.1 cm³/mol. The van der Waals surface area contributed by atoms with Crippen LogP contribution in [0.4, 0.5) is 0 Å². The van der Waals surface area contributed by atoms with Crippen LogP contribution in [0.5, 0.6) is 0 Å². The van der Waals surface area contributed by atoms with Crippen LogP contribution < -0.4 is 34.4 Å². The molecular formula is C6H24MoN6NiO4-5. The third kappa shape index (κ3) is 292. The van der Waals surface area contributed by atoms with Crippen LogP contribution in [0.25, 0.3) is 0 Å². The Balaban J connectivity index is -0.00000000827. The van der Waals surface area contributed by atoms with Crippen molar-refractivity contribution in [1.29, 1.82) is 0 Å². The molecule has 0 spiro atoms. The minimum Gasteiger partial charge on any atom is -2.00 e. The van der Waals surface area contributed by atoms with Gasteiger partial charge in [-0.1, -0.05) is 0 Å². The molecule has 0 bridgehead atoms. The number of hydrogen-bond acceptors (Lipinski definition) is 6. The molecule has 12 heteroatoms. The largest absolute Gasteiger partial charge is 3.00 e. The average Bonchev–Trinajstić information content (AvgIpc) is 2.18. The van der Waals surface area contributed by atoms with Crippen LogP contribution in [-0.4, -0.2) is 39.3 Å². The molecular weight excluding hydrogens is 375 g/mol. The van der Waals surface area contributed by atoms with Gasteiger partial charge in [-0.05, 0) is 0 Å². The van der Waals surface area contributed by atoms with Crippen LogP contribution in [0.1, 0.15) is 0 Å². The molecule has 0 saturated carbocycles. The van der Waals surface area contributed by atoms with Gasteiger partial charge in [-0.2, -0.15) is 0 Å². The van der Waals surface area contributed by atoms with E-state index in [0.29, 0.717) is 39.3 Å². The summed E-state index contributed by atoms with van der Waals surface area (Å²) in [5.74, 6) is 0. The van der Waals surface area contributed by atoms with Crippen molar-refractivity contribution in [2.24, 2.45) is 34.4 Å². The van der Waals surface area contributed by atoms with E-state index in [1.165, 1.54) is 0 Å². The van der Waals surface area contributed by atoms with E-state index in [2.05, 4.69) is 0 Å². The molecule has 0 aliphatic heterocycles. The van der Waals surface area contributed by atoms with Crippen LogP contribution in [0.15, 0.2) is 0 Å². The van der Waals surface area contributed by atoms with Crippen molar-refractivity contribution < 1.29 is 59.5 Å². The van der Waals surface area contributed by atoms with Crippen molar-refractivity contribution in [2.75, 3.05) is 39.3 Å². The Morgan fingerprint density at radius 2 is 0.444 bits per heavy atom. The molecule has 0 atom stereocenters. The fourth-order valence-corrected chi connectivity index (χ4v) is 0. The Bertz CT molecular complexity index is 51.5. The molecule has 0 heterocycles. The first-order chi connectivity index (χ1) is 5.74. The molecule has 0 amide bonds. The van der Waals surface area contributed by atoms with Crippen molar-refractivity contribution in [1.82, 2.24) is 0 Å². The average molecular weight is 399 g/mol. The number of hydrogen-bond donors (Lipinski definition) is 6. The van der Waals surface area contributed by atoms with Gasteiger partial charge in [-0.3, -0.25) is 0 Å². The van der Waals surface area contributed by atoms with E-state index >= 15 is 0 Å². The zero-order valence-corrected chi connectivity index (χ0v) is 13.1. The smallest absolute Gasteiger partial charge is 2.00 e. The Kier molecular flexibility index (Phi) is 375. The fraction of sp³-hybridized carbons (Fsp3) is 1.00. The summed E-state index contributed by atoms with van der Waals surface area (Å²) < 4.78 is 0. The molecule has 12 N–H and O–H groups in total. The van der Waals surface area contributed by atoms with Crippen LogP contribution in [0.2, 0.25) is 0 Å². The minimum atomic E-state index is 0. The normalized spacial score (nSPS) is 5.00. The van der Waals surface area contributed by atoms with Gasteiger partial charge in [0.25, 0.3) is 0 Å². The molecule has 0 aliphatic rings. The van der Waals surface area contributed by atoms with Gasteiger partial charge in [-0.25, -0.2) is 0 Å². The molecule has 0 aromatic rings. The first kappa shape index (κ1) is 62.1. The summed E-state index contributed by atoms with van der Waals surface area (Å²) in [6.07, 6.45) is 0. The Hall–Kier alpha value is 0.782. The predicted octanol–water partition coefficient (Wildman–Crippen LogP) is -3.77. The van der Waals surface area contributed by atoms with Crippen molar-refractivity contribution >= 4 is 0 Å². The maximum atomic E-state index is 4.90. The van der Waals surface area contributed by atoms with Crippen molar-refractivity contribution in [3.8, 4) is 0 Å². The van der Waals surface area contributed by atoms with E-state index in [1.807, 2.05) is 0 Å². The maximum absolute atomic E-state index is 4.90. The van der Waals surface area contributed by atoms with Gasteiger partial charge < -0.3 is 56.3 Å². The van der Waals surface area contributed by atoms with E-state index in [4.69, 9.17) is 34.4 Å². The first-order valence-corrected chi connectivity index (χ1v) is 3.95. The van der Waals surface area contributed by atoms with Gasteiger partial charge in [0, 0.05) is 60.3 Å². The molecule has 0 aliphatic carbocycles. The second kappa shape index (κ2) is 109. The zero-order chi connectivity index (χ0) is 10.2. The van der Waals surface area contributed by atoms with Gasteiger partial charge >= 0.3 is 16.5 Å². The summed E-state index contributed by atoms with van der Waals surface area (Å²) in [5, 5.41) is 0. The standard InChI is InChI=1S/3C2H8N2.Mo.Ni.4O/c3*3-1-2-4;;;;;;/h3*1-4H2;;;;;;/q;;;;+3;4*-2. The number of nitrogens with two attached hydrogens (primary N) is 6. The fourth-order valence-electron chi connectivity index (χ4n) is 0. The third-order valence-electron chi connectivity index (χ3n) is 0.500. The van der Waals surface area contributed by atoms with E-state index in [9.17, 15) is 0 Å². The van der Waals surface area contributed by atoms with E-state index in [1.54, 1.807) is 0 Å². The molecule has 18 heavy (non-hydrogen) atoms. The quantitative estimate of drug-likeness (QED) is 0.259. The minimum absolute atomic E-state index is 0. The van der Waals surface area contributed by atoms with Crippen LogP contribution in [0, 0.1) is 0 Å². The topological polar surface area (TPSA) is 270 Å². The Morgan fingerprint density at radius 1 is 0.389 bits per heavy atom. The molecule has 0 rings (SSSR count). The van der Waals surface area contributed by atoms with Crippen molar-refractivity contribution in [2.45, 2.75) is 0 Å². The molecule has 0 aromatic carbocycles. The summed E-state index contributed by atoms with van der Waals surface area (Å²) >= 11 is 0. The van der Waals surface area contributed by atoms with E-state index < -0.39 is 0 Å². The second-order valence-electron chi connectivity index (χ2n) is 1.73. The van der Waals surface area contributed by atoms with E-state index in [-0.39, 0.29) is 59.5 Å². The van der Waals surface area contributed by atoms with Gasteiger partial charge in [0.05, 0.1) is 0 Å². The van der Waals surface area contributed by atoms with Gasteiger partial charge in [0.1, 0.15) is 0 Å². The molecule has 10 nitrogen and oxygen atoms in total. The molecule has 0 fully saturated rings. The third-order valence-corrected chi connectivity index (χ3v) is 0.500. The van der Waals surface area contributed by atoms with Gasteiger partial charge in [-0.15, -0.1) is 0 Å². The summed E-state index contributed by atoms with van der Waals surface area (Å²) in [4.78, 5) is 0. The van der Waals surface area contributed by atoms with Gasteiger partial charge in [0.15, 0.2) is 0 Å². The van der Waals surface area contributed by atoms with Crippen LogP contribution in [-0.2, 0) is 59.5 Å². The number of rotatable bonds is 3. The first-order valence-electron chi connectivity index (χ1n) is 3.95. The van der Waals surface area contributed by atoms with Crippen molar-refractivity contribution in [3.05, 3.63) is 0 Å². The monoisotopic (exact) mass is 400 g/mol. The molecule has 0 aromatic heterocycles. The van der Waals surface area contributed by atoms with E-state index in [0.717, 1.165) is 0 Å². The molecule has 1 radical (unpaired) electrons. The zero-order valence-electron chi connectivity index (χ0n) is 10.1. The molecule has 0 unspecified atom stereocenters. The Labute approximate surface area is 133 Å². The van der Waals surface area contributed by atoms with Gasteiger partial charge in [0.2, 0.25) is 0 Å². The maximum Gasteiger partial charge on any atom is 3.00 e. The van der Waals surface area contributed by atoms with Crippen molar-refractivity contribution in [3.63, 3.8) is 0 Å². The Morgan fingerprint density at radius 3 is 0.444 bits per heavy atom. The summed E-state index contributed by atoms with van der Waals surface area (Å²) in [7, 11) is 0. The SMILES string of the molecule is NCCN.NCCN.NCCN.[Mo].[Ni+3].[O-2].[O-2].[O-2].[O-2]. The summed E-state index contributed by atoms with van der Waals surface area (Å²) in [5.41, 5.74) is 29.4. The summed E-state index contributed by atoms with van der Waals surface area (Å²) in [6.45, 7) is 3.58.